The molecule has 1 rings (SSSR count). The highest BCUT2D eigenvalue weighted by molar-refractivity contribution is 5.75. The molecule has 4 heteroatoms. The number of methoxy groups -OCH3 is 1. The third-order valence-corrected chi connectivity index (χ3v) is 2.17. The lowest BCUT2D eigenvalue weighted by Crippen LogP contribution is -2.36. The standard InChI is InChI=1S/C11H17NO3/c1-3-5-10(11(13)14-2)12-8-9-6-4-7-15-9/h4,6-7,10,12H,3,5,8H2,1-2H3/t10-/m1/s1. The first-order valence-corrected chi connectivity index (χ1v) is 5.11. The molecule has 1 aromatic heterocycles. The number of esters is 1. The van der Waals surface area contributed by atoms with Crippen LogP contribution in [-0.2, 0) is 16.1 Å². The summed E-state index contributed by atoms with van der Waals surface area (Å²) in [4.78, 5) is 11.3. The Morgan fingerprint density at radius 1 is 1.67 bits per heavy atom. The van der Waals surface area contributed by atoms with Gasteiger partial charge in [0.25, 0.3) is 0 Å². The van der Waals surface area contributed by atoms with E-state index in [-0.39, 0.29) is 12.0 Å². The Morgan fingerprint density at radius 3 is 3.00 bits per heavy atom. The summed E-state index contributed by atoms with van der Waals surface area (Å²) in [6, 6.07) is 3.45. The molecule has 0 fully saturated rings. The smallest absolute Gasteiger partial charge is 0.322 e. The van der Waals surface area contributed by atoms with Gasteiger partial charge in [0.05, 0.1) is 19.9 Å². The molecule has 15 heavy (non-hydrogen) atoms. The zero-order valence-corrected chi connectivity index (χ0v) is 9.16. The predicted octanol–water partition coefficient (Wildman–Crippen LogP) is 1.71. The Labute approximate surface area is 89.6 Å². The van der Waals surface area contributed by atoms with Crippen LogP contribution in [0.3, 0.4) is 0 Å². The van der Waals surface area contributed by atoms with Crippen molar-refractivity contribution < 1.29 is 13.9 Å². The summed E-state index contributed by atoms with van der Waals surface area (Å²) >= 11 is 0. The molecule has 0 aliphatic carbocycles. The van der Waals surface area contributed by atoms with Gasteiger partial charge in [-0.15, -0.1) is 0 Å². The van der Waals surface area contributed by atoms with Crippen LogP contribution >= 0.6 is 0 Å². The Kier molecular flexibility index (Phi) is 4.90. The Bertz CT molecular complexity index is 282. The molecule has 0 aliphatic rings. The lowest BCUT2D eigenvalue weighted by atomic mass is 10.1. The molecule has 0 unspecified atom stereocenters. The van der Waals surface area contributed by atoms with Crippen molar-refractivity contribution >= 4 is 5.97 Å². The normalized spacial score (nSPS) is 12.4. The van der Waals surface area contributed by atoms with Gasteiger partial charge in [-0.25, -0.2) is 0 Å². The minimum atomic E-state index is -0.245. The van der Waals surface area contributed by atoms with Gasteiger partial charge < -0.3 is 9.15 Å². The second kappa shape index (κ2) is 6.24. The van der Waals surface area contributed by atoms with E-state index in [1.54, 1.807) is 6.26 Å². The van der Waals surface area contributed by atoms with Gasteiger partial charge in [0.15, 0.2) is 0 Å². The van der Waals surface area contributed by atoms with Crippen LogP contribution in [0.25, 0.3) is 0 Å². The van der Waals surface area contributed by atoms with Gasteiger partial charge in [0.2, 0.25) is 0 Å². The maximum atomic E-state index is 11.3. The van der Waals surface area contributed by atoms with Crippen molar-refractivity contribution in [2.45, 2.75) is 32.4 Å². The molecule has 0 spiro atoms. The van der Waals surface area contributed by atoms with Gasteiger partial charge in [-0.2, -0.15) is 0 Å². The van der Waals surface area contributed by atoms with Crippen molar-refractivity contribution in [3.63, 3.8) is 0 Å². The maximum absolute atomic E-state index is 11.3. The zero-order chi connectivity index (χ0) is 11.1. The molecule has 1 N–H and O–H groups in total. The number of carbonyl (C=O) groups excluding carboxylic acids is 1. The zero-order valence-electron chi connectivity index (χ0n) is 9.16. The predicted molar refractivity (Wildman–Crippen MR) is 56.3 cm³/mol. The third kappa shape index (κ3) is 3.75. The topological polar surface area (TPSA) is 51.5 Å². The highest BCUT2D eigenvalue weighted by Crippen LogP contribution is 2.03. The van der Waals surface area contributed by atoms with E-state index < -0.39 is 0 Å². The molecule has 4 nitrogen and oxygen atoms in total. The van der Waals surface area contributed by atoms with Crippen LogP contribution < -0.4 is 5.32 Å². The molecule has 0 aliphatic heterocycles. The summed E-state index contributed by atoms with van der Waals surface area (Å²) in [5.41, 5.74) is 0. The molecule has 1 atom stereocenters. The quantitative estimate of drug-likeness (QED) is 0.728. The van der Waals surface area contributed by atoms with Gasteiger partial charge in [-0.1, -0.05) is 13.3 Å². The van der Waals surface area contributed by atoms with Crippen LogP contribution in [0.4, 0.5) is 0 Å². The minimum absolute atomic E-state index is 0.219. The molecule has 0 radical (unpaired) electrons. The van der Waals surface area contributed by atoms with E-state index in [0.717, 1.165) is 18.6 Å². The second-order valence-electron chi connectivity index (χ2n) is 3.32. The van der Waals surface area contributed by atoms with Gasteiger partial charge in [-0.05, 0) is 18.6 Å². The molecule has 84 valence electrons. The summed E-state index contributed by atoms with van der Waals surface area (Å²) in [7, 11) is 1.40. The van der Waals surface area contributed by atoms with Crippen LogP contribution in [0.1, 0.15) is 25.5 Å². The number of carbonyl (C=O) groups is 1. The van der Waals surface area contributed by atoms with E-state index in [9.17, 15) is 4.79 Å². The van der Waals surface area contributed by atoms with E-state index >= 15 is 0 Å². The van der Waals surface area contributed by atoms with Crippen LogP contribution in [0.2, 0.25) is 0 Å². The molecule has 0 saturated heterocycles. The van der Waals surface area contributed by atoms with Crippen LogP contribution in [0.15, 0.2) is 22.8 Å². The van der Waals surface area contributed by atoms with Crippen molar-refractivity contribution in [3.05, 3.63) is 24.2 Å². The van der Waals surface area contributed by atoms with E-state index in [1.165, 1.54) is 7.11 Å². The van der Waals surface area contributed by atoms with E-state index in [1.807, 2.05) is 19.1 Å². The van der Waals surface area contributed by atoms with Crippen LogP contribution in [-0.4, -0.2) is 19.1 Å². The summed E-state index contributed by atoms with van der Waals surface area (Å²) in [5, 5.41) is 3.11. The summed E-state index contributed by atoms with van der Waals surface area (Å²) < 4.78 is 9.86. The van der Waals surface area contributed by atoms with E-state index in [0.29, 0.717) is 6.54 Å². The van der Waals surface area contributed by atoms with Crippen LogP contribution in [0.5, 0.6) is 0 Å². The first kappa shape index (κ1) is 11.8. The molecular weight excluding hydrogens is 194 g/mol. The molecule has 0 aromatic carbocycles. The average Bonchev–Trinajstić information content (AvgIpc) is 2.76. The number of rotatable bonds is 6. The first-order chi connectivity index (χ1) is 7.27. The molecule has 0 amide bonds. The molecule has 0 bridgehead atoms. The number of hydrogen-bond donors (Lipinski definition) is 1. The van der Waals surface area contributed by atoms with Crippen molar-refractivity contribution in [1.82, 2.24) is 5.32 Å². The SMILES string of the molecule is CCC[C@@H](NCc1ccco1)C(=O)OC. The van der Waals surface area contributed by atoms with Crippen molar-refractivity contribution in [2.24, 2.45) is 0 Å². The summed E-state index contributed by atoms with van der Waals surface area (Å²) in [6.45, 7) is 2.58. The Hall–Kier alpha value is -1.29. The fourth-order valence-corrected chi connectivity index (χ4v) is 1.37. The van der Waals surface area contributed by atoms with Gasteiger partial charge in [0, 0.05) is 0 Å². The molecule has 1 heterocycles. The van der Waals surface area contributed by atoms with Crippen molar-refractivity contribution in [3.8, 4) is 0 Å². The number of furan rings is 1. The Balaban J connectivity index is 2.41. The molecule has 0 saturated carbocycles. The van der Waals surface area contributed by atoms with Gasteiger partial charge >= 0.3 is 5.97 Å². The Morgan fingerprint density at radius 2 is 2.47 bits per heavy atom. The van der Waals surface area contributed by atoms with Crippen molar-refractivity contribution in [2.75, 3.05) is 7.11 Å². The molecule has 1 aromatic rings. The van der Waals surface area contributed by atoms with Gasteiger partial charge in [-0.3, -0.25) is 10.1 Å². The first-order valence-electron chi connectivity index (χ1n) is 5.11. The van der Waals surface area contributed by atoms with Crippen LogP contribution in [0, 0.1) is 0 Å². The van der Waals surface area contributed by atoms with E-state index in [4.69, 9.17) is 9.15 Å². The largest absolute Gasteiger partial charge is 0.468 e. The number of ether oxygens (including phenoxy) is 1. The average molecular weight is 211 g/mol. The third-order valence-electron chi connectivity index (χ3n) is 2.17. The lowest BCUT2D eigenvalue weighted by Gasteiger charge is -2.14. The highest BCUT2D eigenvalue weighted by atomic mass is 16.5. The molecular formula is C11H17NO3. The fraction of sp³-hybridized carbons (Fsp3) is 0.545. The highest BCUT2D eigenvalue weighted by Gasteiger charge is 2.17. The summed E-state index contributed by atoms with van der Waals surface area (Å²) in [5.74, 6) is 0.600. The second-order valence-corrected chi connectivity index (χ2v) is 3.32. The van der Waals surface area contributed by atoms with Gasteiger partial charge in [0.1, 0.15) is 11.8 Å². The van der Waals surface area contributed by atoms with Crippen molar-refractivity contribution in [1.29, 1.82) is 0 Å². The summed E-state index contributed by atoms with van der Waals surface area (Å²) in [6.07, 6.45) is 3.32. The number of hydrogen-bond acceptors (Lipinski definition) is 4. The fourth-order valence-electron chi connectivity index (χ4n) is 1.37. The maximum Gasteiger partial charge on any atom is 0.322 e. The van der Waals surface area contributed by atoms with E-state index in [2.05, 4.69) is 5.32 Å². The lowest BCUT2D eigenvalue weighted by molar-refractivity contribution is -0.143. The number of nitrogens with one attached hydrogen (secondary N) is 1. The minimum Gasteiger partial charge on any atom is -0.468 e. The monoisotopic (exact) mass is 211 g/mol.